The van der Waals surface area contributed by atoms with E-state index in [1.54, 1.807) is 0 Å². The highest BCUT2D eigenvalue weighted by Gasteiger charge is 2.39. The summed E-state index contributed by atoms with van der Waals surface area (Å²) in [6.07, 6.45) is 2.95. The first kappa shape index (κ1) is 14.1. The van der Waals surface area contributed by atoms with Crippen molar-refractivity contribution < 1.29 is 9.90 Å². The molecule has 2 atom stereocenters. The molecule has 0 saturated heterocycles. The number of nitrogens with one attached hydrogen (secondary N) is 1. The maximum absolute atomic E-state index is 12.6. The third kappa shape index (κ3) is 2.54. The predicted molar refractivity (Wildman–Crippen MR) is 84.2 cm³/mol. The van der Waals surface area contributed by atoms with Gasteiger partial charge >= 0.3 is 0 Å². The van der Waals surface area contributed by atoms with Gasteiger partial charge in [-0.15, -0.1) is 0 Å². The minimum absolute atomic E-state index is 0.0432. The first-order valence-corrected chi connectivity index (χ1v) is 7.53. The molecule has 0 spiro atoms. The molecule has 3 rings (SSSR count). The van der Waals surface area contributed by atoms with Crippen LogP contribution < -0.4 is 5.32 Å². The maximum atomic E-state index is 12.6. The molecule has 2 aromatic carbocycles. The van der Waals surface area contributed by atoms with Gasteiger partial charge in [0.1, 0.15) is 0 Å². The Hall–Kier alpha value is -1.87. The zero-order valence-corrected chi connectivity index (χ0v) is 12.3. The number of hydrogen-bond acceptors (Lipinski definition) is 2. The molecule has 0 heterocycles. The SMILES string of the molecule is CC1(CO)CCCC1NC(=O)c1cccc2ccccc12. The molecule has 0 aromatic heterocycles. The average Bonchev–Trinajstić information content (AvgIpc) is 2.88. The Morgan fingerprint density at radius 1 is 1.29 bits per heavy atom. The molecular formula is C18H21NO2. The largest absolute Gasteiger partial charge is 0.396 e. The molecule has 1 saturated carbocycles. The Balaban J connectivity index is 1.88. The van der Waals surface area contributed by atoms with Crippen LogP contribution in [-0.4, -0.2) is 23.7 Å². The molecule has 1 fully saturated rings. The summed E-state index contributed by atoms with van der Waals surface area (Å²) in [5.41, 5.74) is 0.514. The molecule has 0 radical (unpaired) electrons. The Morgan fingerprint density at radius 2 is 2.05 bits per heavy atom. The van der Waals surface area contributed by atoms with Gasteiger partial charge in [-0.2, -0.15) is 0 Å². The van der Waals surface area contributed by atoms with E-state index in [-0.39, 0.29) is 24.0 Å². The van der Waals surface area contributed by atoms with Crippen LogP contribution in [0.5, 0.6) is 0 Å². The lowest BCUT2D eigenvalue weighted by atomic mass is 9.85. The van der Waals surface area contributed by atoms with Gasteiger partial charge in [0.2, 0.25) is 0 Å². The monoisotopic (exact) mass is 283 g/mol. The second-order valence-electron chi connectivity index (χ2n) is 6.26. The fourth-order valence-corrected chi connectivity index (χ4v) is 3.33. The number of benzene rings is 2. The highest BCUT2D eigenvalue weighted by Crippen LogP contribution is 2.37. The van der Waals surface area contributed by atoms with Crippen LogP contribution in [0.3, 0.4) is 0 Å². The van der Waals surface area contributed by atoms with Gasteiger partial charge in [-0.05, 0) is 29.7 Å². The molecular weight excluding hydrogens is 262 g/mol. The van der Waals surface area contributed by atoms with Crippen molar-refractivity contribution in [2.75, 3.05) is 6.61 Å². The minimum Gasteiger partial charge on any atom is -0.396 e. The first-order valence-electron chi connectivity index (χ1n) is 7.53. The number of aliphatic hydroxyl groups is 1. The van der Waals surface area contributed by atoms with E-state index in [0.717, 1.165) is 30.0 Å². The third-order valence-electron chi connectivity index (χ3n) is 4.78. The minimum atomic E-state index is -0.194. The third-order valence-corrected chi connectivity index (χ3v) is 4.78. The molecule has 1 amide bonds. The van der Waals surface area contributed by atoms with E-state index in [2.05, 4.69) is 5.32 Å². The van der Waals surface area contributed by atoms with Crippen molar-refractivity contribution in [3.8, 4) is 0 Å². The summed E-state index contributed by atoms with van der Waals surface area (Å²) in [6.45, 7) is 2.17. The van der Waals surface area contributed by atoms with E-state index in [0.29, 0.717) is 5.56 Å². The fraction of sp³-hybridized carbons (Fsp3) is 0.389. The van der Waals surface area contributed by atoms with Crippen LogP contribution in [0.15, 0.2) is 42.5 Å². The van der Waals surface area contributed by atoms with Crippen LogP contribution in [0.4, 0.5) is 0 Å². The highest BCUT2D eigenvalue weighted by molar-refractivity contribution is 6.07. The van der Waals surface area contributed by atoms with Gasteiger partial charge in [0.05, 0.1) is 6.61 Å². The number of amides is 1. The standard InChI is InChI=1S/C18H21NO2/c1-18(12-20)11-5-10-16(18)19-17(21)15-9-4-7-13-6-2-3-8-14(13)15/h2-4,6-9,16,20H,5,10-12H2,1H3,(H,19,21). The van der Waals surface area contributed by atoms with Gasteiger partial charge in [-0.25, -0.2) is 0 Å². The van der Waals surface area contributed by atoms with Crippen LogP contribution in [0.2, 0.25) is 0 Å². The lowest BCUT2D eigenvalue weighted by molar-refractivity contribution is 0.0832. The van der Waals surface area contributed by atoms with E-state index >= 15 is 0 Å². The van der Waals surface area contributed by atoms with Crippen molar-refractivity contribution in [2.24, 2.45) is 5.41 Å². The smallest absolute Gasteiger partial charge is 0.252 e. The van der Waals surface area contributed by atoms with E-state index in [1.807, 2.05) is 49.4 Å². The topological polar surface area (TPSA) is 49.3 Å². The Bertz CT molecular complexity index is 662. The number of carbonyl (C=O) groups excluding carboxylic acids is 1. The predicted octanol–water partition coefficient (Wildman–Crippen LogP) is 3.12. The first-order chi connectivity index (χ1) is 10.1. The van der Waals surface area contributed by atoms with Gasteiger partial charge in [0.15, 0.2) is 0 Å². The van der Waals surface area contributed by atoms with Crippen molar-refractivity contribution in [1.82, 2.24) is 5.32 Å². The Kier molecular flexibility index (Phi) is 3.68. The summed E-state index contributed by atoms with van der Waals surface area (Å²) in [7, 11) is 0. The van der Waals surface area contributed by atoms with Crippen molar-refractivity contribution in [2.45, 2.75) is 32.2 Å². The second kappa shape index (κ2) is 5.49. The van der Waals surface area contributed by atoms with Gasteiger partial charge < -0.3 is 10.4 Å². The molecule has 2 N–H and O–H groups in total. The van der Waals surface area contributed by atoms with Crippen LogP contribution in [0, 0.1) is 5.41 Å². The van der Waals surface area contributed by atoms with Gasteiger partial charge in [0, 0.05) is 17.0 Å². The van der Waals surface area contributed by atoms with Gasteiger partial charge in [0.25, 0.3) is 5.91 Å². The normalized spacial score (nSPS) is 25.1. The summed E-state index contributed by atoms with van der Waals surface area (Å²) in [6, 6.07) is 13.8. The van der Waals surface area contributed by atoms with Crippen molar-refractivity contribution in [3.63, 3.8) is 0 Å². The molecule has 1 aliphatic carbocycles. The van der Waals surface area contributed by atoms with Gasteiger partial charge in [-0.3, -0.25) is 4.79 Å². The molecule has 3 nitrogen and oxygen atoms in total. The average molecular weight is 283 g/mol. The Labute approximate surface area is 125 Å². The highest BCUT2D eigenvalue weighted by atomic mass is 16.3. The molecule has 0 bridgehead atoms. The van der Waals surface area contributed by atoms with E-state index < -0.39 is 0 Å². The number of rotatable bonds is 3. The van der Waals surface area contributed by atoms with Crippen molar-refractivity contribution >= 4 is 16.7 Å². The number of aliphatic hydroxyl groups excluding tert-OH is 1. The summed E-state index contributed by atoms with van der Waals surface area (Å²) in [4.78, 5) is 12.6. The van der Waals surface area contributed by atoms with E-state index in [1.165, 1.54) is 0 Å². The number of fused-ring (bicyclic) bond motifs is 1. The van der Waals surface area contributed by atoms with Crippen LogP contribution >= 0.6 is 0 Å². The molecule has 0 aliphatic heterocycles. The summed E-state index contributed by atoms with van der Waals surface area (Å²) in [5.74, 6) is -0.0432. The zero-order valence-electron chi connectivity index (χ0n) is 12.3. The van der Waals surface area contributed by atoms with E-state index in [4.69, 9.17) is 0 Å². The number of hydrogen-bond donors (Lipinski definition) is 2. The maximum Gasteiger partial charge on any atom is 0.252 e. The summed E-state index contributed by atoms with van der Waals surface area (Å²) in [5, 5.41) is 14.8. The second-order valence-corrected chi connectivity index (χ2v) is 6.26. The molecule has 2 unspecified atom stereocenters. The molecule has 1 aliphatic rings. The van der Waals surface area contributed by atoms with Crippen LogP contribution in [-0.2, 0) is 0 Å². The summed E-state index contributed by atoms with van der Waals surface area (Å²) < 4.78 is 0. The number of carbonyl (C=O) groups is 1. The lowest BCUT2D eigenvalue weighted by Gasteiger charge is -2.30. The molecule has 2 aromatic rings. The van der Waals surface area contributed by atoms with Gasteiger partial charge in [-0.1, -0.05) is 49.7 Å². The Morgan fingerprint density at radius 3 is 2.86 bits per heavy atom. The molecule has 21 heavy (non-hydrogen) atoms. The summed E-state index contributed by atoms with van der Waals surface area (Å²) >= 11 is 0. The van der Waals surface area contributed by atoms with Crippen LogP contribution in [0.25, 0.3) is 10.8 Å². The van der Waals surface area contributed by atoms with E-state index in [9.17, 15) is 9.90 Å². The zero-order chi connectivity index (χ0) is 14.9. The quantitative estimate of drug-likeness (QED) is 0.909. The van der Waals surface area contributed by atoms with Crippen LogP contribution in [0.1, 0.15) is 36.5 Å². The molecule has 110 valence electrons. The lowest BCUT2D eigenvalue weighted by Crippen LogP contribution is -2.44. The van der Waals surface area contributed by atoms with Crippen molar-refractivity contribution in [3.05, 3.63) is 48.0 Å². The fourth-order valence-electron chi connectivity index (χ4n) is 3.33. The molecule has 3 heteroatoms. The van der Waals surface area contributed by atoms with Crippen molar-refractivity contribution in [1.29, 1.82) is 0 Å².